The van der Waals surface area contributed by atoms with Gasteiger partial charge in [-0.05, 0) is 24.3 Å². The standard InChI is InChI=1S/C19H29N5O/c1-11(2)14-8-21-18-16(15(9-22-18)23-19(25)12(3)4)17(14)24-7-5-6-13(20)10-24/h8-9,11-13H,5-7,10,20H2,1-4H3,(H,21,22)(H,23,25)/t13-/m1/s1. The number of anilines is 2. The van der Waals surface area contributed by atoms with Gasteiger partial charge in [-0.25, -0.2) is 4.98 Å². The molecule has 0 radical (unpaired) electrons. The van der Waals surface area contributed by atoms with Crippen molar-refractivity contribution >= 4 is 28.3 Å². The molecule has 2 aromatic rings. The average molecular weight is 343 g/mol. The number of H-pyrrole nitrogens is 1. The molecule has 6 nitrogen and oxygen atoms in total. The smallest absolute Gasteiger partial charge is 0.226 e. The van der Waals surface area contributed by atoms with Gasteiger partial charge in [0.05, 0.1) is 16.8 Å². The number of carbonyl (C=O) groups excluding carboxylic acids is 1. The molecule has 6 heteroatoms. The molecule has 1 aliphatic heterocycles. The molecule has 4 N–H and O–H groups in total. The Hall–Kier alpha value is -2.08. The van der Waals surface area contributed by atoms with Gasteiger partial charge in [0, 0.05) is 37.4 Å². The number of fused-ring (bicyclic) bond motifs is 1. The van der Waals surface area contributed by atoms with Gasteiger partial charge in [-0.2, -0.15) is 0 Å². The SMILES string of the molecule is CC(C)C(=O)Nc1c[nH]c2ncc(C(C)C)c(N3CCC[C@@H](N)C3)c12. The highest BCUT2D eigenvalue weighted by molar-refractivity contribution is 6.07. The zero-order valence-corrected chi connectivity index (χ0v) is 15.6. The maximum atomic E-state index is 12.2. The van der Waals surface area contributed by atoms with Gasteiger partial charge in [0.15, 0.2) is 0 Å². The molecule has 1 atom stereocenters. The summed E-state index contributed by atoms with van der Waals surface area (Å²) >= 11 is 0. The summed E-state index contributed by atoms with van der Waals surface area (Å²) in [7, 11) is 0. The Morgan fingerprint density at radius 2 is 2.16 bits per heavy atom. The fourth-order valence-corrected chi connectivity index (χ4v) is 3.45. The quantitative estimate of drug-likeness (QED) is 0.795. The van der Waals surface area contributed by atoms with E-state index in [1.54, 1.807) is 0 Å². The van der Waals surface area contributed by atoms with Crippen molar-refractivity contribution in [3.8, 4) is 0 Å². The molecular weight excluding hydrogens is 314 g/mol. The number of nitrogens with two attached hydrogens (primary N) is 1. The minimum atomic E-state index is -0.0713. The zero-order chi connectivity index (χ0) is 18.1. The van der Waals surface area contributed by atoms with E-state index in [0.29, 0.717) is 5.92 Å². The number of amides is 1. The molecule has 0 aromatic carbocycles. The Labute approximate surface area is 149 Å². The molecule has 1 saturated heterocycles. The van der Waals surface area contributed by atoms with Crippen LogP contribution < -0.4 is 16.0 Å². The Morgan fingerprint density at radius 1 is 1.40 bits per heavy atom. The molecule has 0 unspecified atom stereocenters. The minimum absolute atomic E-state index is 0.0112. The lowest BCUT2D eigenvalue weighted by Gasteiger charge is -2.35. The van der Waals surface area contributed by atoms with Crippen LogP contribution in [0.4, 0.5) is 11.4 Å². The second-order valence-electron chi connectivity index (χ2n) is 7.64. The number of aromatic amines is 1. The van der Waals surface area contributed by atoms with E-state index in [-0.39, 0.29) is 17.9 Å². The van der Waals surface area contributed by atoms with E-state index in [1.807, 2.05) is 26.2 Å². The first-order chi connectivity index (χ1) is 11.9. The summed E-state index contributed by atoms with van der Waals surface area (Å²) in [6.07, 6.45) is 5.94. The van der Waals surface area contributed by atoms with Crippen LogP contribution in [0.2, 0.25) is 0 Å². The topological polar surface area (TPSA) is 87.0 Å². The van der Waals surface area contributed by atoms with E-state index in [0.717, 1.165) is 48.3 Å². The highest BCUT2D eigenvalue weighted by atomic mass is 16.1. The Morgan fingerprint density at radius 3 is 2.80 bits per heavy atom. The van der Waals surface area contributed by atoms with Gasteiger partial charge in [-0.1, -0.05) is 27.7 Å². The molecule has 3 heterocycles. The van der Waals surface area contributed by atoms with Crippen molar-refractivity contribution < 1.29 is 4.79 Å². The van der Waals surface area contributed by atoms with Crippen molar-refractivity contribution in [2.75, 3.05) is 23.3 Å². The molecule has 1 amide bonds. The van der Waals surface area contributed by atoms with Crippen LogP contribution in [0.1, 0.15) is 52.0 Å². The fourth-order valence-electron chi connectivity index (χ4n) is 3.45. The number of carbonyl (C=O) groups is 1. The summed E-state index contributed by atoms with van der Waals surface area (Å²) in [6, 6.07) is 0.185. The number of aromatic nitrogens is 2. The molecular formula is C19H29N5O. The monoisotopic (exact) mass is 343 g/mol. The summed E-state index contributed by atoms with van der Waals surface area (Å²) in [5.41, 5.74) is 10.2. The molecule has 1 aliphatic rings. The van der Waals surface area contributed by atoms with Gasteiger partial charge in [0.1, 0.15) is 5.65 Å². The first-order valence-electron chi connectivity index (χ1n) is 9.19. The van der Waals surface area contributed by atoms with Crippen LogP contribution in [0.25, 0.3) is 11.0 Å². The predicted molar refractivity (Wildman–Crippen MR) is 103 cm³/mol. The van der Waals surface area contributed by atoms with Crippen molar-refractivity contribution in [1.82, 2.24) is 9.97 Å². The van der Waals surface area contributed by atoms with Crippen molar-refractivity contribution in [1.29, 1.82) is 0 Å². The van der Waals surface area contributed by atoms with Crippen LogP contribution in [0.3, 0.4) is 0 Å². The van der Waals surface area contributed by atoms with Gasteiger partial charge >= 0.3 is 0 Å². The second-order valence-corrected chi connectivity index (χ2v) is 7.64. The van der Waals surface area contributed by atoms with Gasteiger partial charge in [0.2, 0.25) is 5.91 Å². The Kier molecular flexibility index (Phi) is 4.99. The average Bonchev–Trinajstić information content (AvgIpc) is 2.96. The van der Waals surface area contributed by atoms with Gasteiger partial charge in [-0.3, -0.25) is 4.79 Å². The lowest BCUT2D eigenvalue weighted by molar-refractivity contribution is -0.118. The third-order valence-corrected chi connectivity index (χ3v) is 4.88. The summed E-state index contributed by atoms with van der Waals surface area (Å²) in [4.78, 5) is 22.4. The van der Waals surface area contributed by atoms with Crippen molar-refractivity contribution in [2.45, 2.75) is 52.5 Å². The second kappa shape index (κ2) is 7.04. The van der Waals surface area contributed by atoms with Crippen molar-refractivity contribution in [3.63, 3.8) is 0 Å². The molecule has 0 saturated carbocycles. The summed E-state index contributed by atoms with van der Waals surface area (Å²) < 4.78 is 0. The van der Waals surface area contributed by atoms with E-state index in [1.165, 1.54) is 5.56 Å². The molecule has 0 bridgehead atoms. The number of rotatable bonds is 4. The molecule has 1 fully saturated rings. The maximum absolute atomic E-state index is 12.2. The van der Waals surface area contributed by atoms with E-state index in [4.69, 9.17) is 5.73 Å². The van der Waals surface area contributed by atoms with E-state index >= 15 is 0 Å². The molecule has 25 heavy (non-hydrogen) atoms. The van der Waals surface area contributed by atoms with Crippen LogP contribution in [0.5, 0.6) is 0 Å². The highest BCUT2D eigenvalue weighted by Gasteiger charge is 2.25. The Balaban J connectivity index is 2.14. The lowest BCUT2D eigenvalue weighted by Crippen LogP contribution is -2.43. The van der Waals surface area contributed by atoms with Crippen LogP contribution in [-0.4, -0.2) is 35.0 Å². The molecule has 136 valence electrons. The van der Waals surface area contributed by atoms with Crippen LogP contribution >= 0.6 is 0 Å². The predicted octanol–water partition coefficient (Wildman–Crippen LogP) is 3.21. The summed E-state index contributed by atoms with van der Waals surface area (Å²) in [5.74, 6) is 0.281. The number of pyridine rings is 1. The van der Waals surface area contributed by atoms with E-state index < -0.39 is 0 Å². The Bertz CT molecular complexity index is 765. The normalized spacial score (nSPS) is 18.4. The largest absolute Gasteiger partial charge is 0.369 e. The minimum Gasteiger partial charge on any atom is -0.369 e. The number of piperidine rings is 1. The third kappa shape index (κ3) is 3.49. The van der Waals surface area contributed by atoms with Crippen molar-refractivity contribution in [3.05, 3.63) is 18.0 Å². The van der Waals surface area contributed by atoms with E-state index in [9.17, 15) is 4.79 Å². The van der Waals surface area contributed by atoms with Gasteiger partial charge in [0.25, 0.3) is 0 Å². The van der Waals surface area contributed by atoms with E-state index in [2.05, 4.69) is 34.0 Å². The van der Waals surface area contributed by atoms with Gasteiger partial charge in [-0.15, -0.1) is 0 Å². The number of nitrogens with one attached hydrogen (secondary N) is 2. The molecule has 3 rings (SSSR count). The number of hydrogen-bond donors (Lipinski definition) is 3. The highest BCUT2D eigenvalue weighted by Crippen LogP contribution is 2.39. The first-order valence-corrected chi connectivity index (χ1v) is 9.19. The maximum Gasteiger partial charge on any atom is 0.226 e. The molecule has 0 aliphatic carbocycles. The van der Waals surface area contributed by atoms with Crippen LogP contribution in [0, 0.1) is 5.92 Å². The van der Waals surface area contributed by atoms with Gasteiger partial charge < -0.3 is 20.9 Å². The van der Waals surface area contributed by atoms with Crippen LogP contribution in [-0.2, 0) is 4.79 Å². The molecule has 0 spiro atoms. The summed E-state index contributed by atoms with van der Waals surface area (Å²) in [6.45, 7) is 9.96. The lowest BCUT2D eigenvalue weighted by atomic mass is 9.97. The fraction of sp³-hybridized carbons (Fsp3) is 0.579. The third-order valence-electron chi connectivity index (χ3n) is 4.88. The number of hydrogen-bond acceptors (Lipinski definition) is 4. The number of nitrogens with zero attached hydrogens (tertiary/aromatic N) is 2. The summed E-state index contributed by atoms with van der Waals surface area (Å²) in [5, 5.41) is 4.05. The van der Waals surface area contributed by atoms with Crippen LogP contribution in [0.15, 0.2) is 12.4 Å². The zero-order valence-electron chi connectivity index (χ0n) is 15.6. The van der Waals surface area contributed by atoms with Crippen molar-refractivity contribution in [2.24, 2.45) is 11.7 Å². The molecule has 2 aromatic heterocycles. The first kappa shape index (κ1) is 17.7.